The molecule has 2 aliphatic heterocycles. The molecular formula is C22H28N8O4. The molecule has 0 aliphatic carbocycles. The molecule has 3 atom stereocenters. The van der Waals surface area contributed by atoms with Crippen LogP contribution in [0.2, 0.25) is 0 Å². The molecule has 0 aromatic carbocycles. The first kappa shape index (κ1) is 23.2. The van der Waals surface area contributed by atoms with Crippen molar-refractivity contribution < 1.29 is 19.1 Å². The molecule has 2 aliphatic rings. The Morgan fingerprint density at radius 1 is 1.32 bits per heavy atom. The maximum atomic E-state index is 13.3. The van der Waals surface area contributed by atoms with Crippen LogP contribution in [0, 0.1) is 5.92 Å². The molecule has 12 nitrogen and oxygen atoms in total. The fourth-order valence-electron chi connectivity index (χ4n) is 4.45. The number of aromatic amines is 1. The Kier molecular flexibility index (Phi) is 6.24. The molecule has 2 aromatic rings. The number of amides is 3. The monoisotopic (exact) mass is 468 g/mol. The van der Waals surface area contributed by atoms with Crippen molar-refractivity contribution in [3.05, 3.63) is 42.4 Å². The van der Waals surface area contributed by atoms with Crippen molar-refractivity contribution in [2.75, 3.05) is 24.0 Å². The zero-order valence-corrected chi connectivity index (χ0v) is 19.2. The lowest BCUT2D eigenvalue weighted by Crippen LogP contribution is -2.63. The van der Waals surface area contributed by atoms with Crippen LogP contribution in [0.5, 0.6) is 5.88 Å². The van der Waals surface area contributed by atoms with Gasteiger partial charge >= 0.3 is 11.8 Å². The van der Waals surface area contributed by atoms with Gasteiger partial charge < -0.3 is 20.7 Å². The van der Waals surface area contributed by atoms with Gasteiger partial charge in [-0.2, -0.15) is 5.10 Å². The van der Waals surface area contributed by atoms with Crippen LogP contribution in [0.3, 0.4) is 0 Å². The fourth-order valence-corrected chi connectivity index (χ4v) is 4.45. The second-order valence-electron chi connectivity index (χ2n) is 8.78. The van der Waals surface area contributed by atoms with Crippen LogP contribution in [-0.4, -0.2) is 63.0 Å². The van der Waals surface area contributed by atoms with Gasteiger partial charge in [-0.1, -0.05) is 6.92 Å². The molecule has 0 spiro atoms. The van der Waals surface area contributed by atoms with E-state index in [0.29, 0.717) is 6.54 Å². The van der Waals surface area contributed by atoms with E-state index in [1.54, 1.807) is 11.1 Å². The topological polar surface area (TPSA) is 159 Å². The van der Waals surface area contributed by atoms with E-state index >= 15 is 0 Å². The standard InChI is InChI=1S/C22H28N8O4/c1-13-4-5-16(22(2)7-9-30(28-22)17-6-8-25-27-17)29(12-13)21(33)19(32)26-14-10-15(18(23)31)20(34-3)24-11-14/h6-11,13,16,28H,4-5,12H2,1-3H3,(H2,23,31)(H,25,27)(H,26,32)/t13-,16+,22?/m1/s1. The van der Waals surface area contributed by atoms with E-state index in [9.17, 15) is 14.4 Å². The minimum absolute atomic E-state index is 0.00363. The highest BCUT2D eigenvalue weighted by Crippen LogP contribution is 2.33. The quantitative estimate of drug-likeness (QED) is 0.469. The minimum atomic E-state index is -0.822. The number of aromatic nitrogens is 3. The SMILES string of the molecule is COc1ncc(NC(=O)C(=O)N2C[C@H](C)CC[C@H]2C2(C)C=CN(c3ccn[nH]3)N2)cc1C(N)=O. The number of carbonyl (C=O) groups excluding carboxylic acids is 3. The van der Waals surface area contributed by atoms with E-state index in [0.717, 1.165) is 18.7 Å². The third-order valence-electron chi connectivity index (χ3n) is 6.21. The summed E-state index contributed by atoms with van der Waals surface area (Å²) < 4.78 is 5.02. The predicted molar refractivity (Wildman–Crippen MR) is 124 cm³/mol. The number of carbonyl (C=O) groups is 3. The lowest BCUT2D eigenvalue weighted by atomic mass is 9.82. The van der Waals surface area contributed by atoms with Crippen LogP contribution in [0.4, 0.5) is 11.5 Å². The highest BCUT2D eigenvalue weighted by Gasteiger charge is 2.45. The van der Waals surface area contributed by atoms with E-state index in [4.69, 9.17) is 10.5 Å². The first-order valence-corrected chi connectivity index (χ1v) is 10.9. The number of primary amides is 1. The van der Waals surface area contributed by atoms with E-state index in [2.05, 4.69) is 32.8 Å². The number of pyridine rings is 1. The molecule has 1 fully saturated rings. The van der Waals surface area contributed by atoms with Crippen LogP contribution >= 0.6 is 0 Å². The Morgan fingerprint density at radius 2 is 2.12 bits per heavy atom. The summed E-state index contributed by atoms with van der Waals surface area (Å²) >= 11 is 0. The number of piperidine rings is 1. The van der Waals surface area contributed by atoms with Crippen molar-refractivity contribution in [3.63, 3.8) is 0 Å². The average molecular weight is 469 g/mol. The maximum absolute atomic E-state index is 13.3. The Morgan fingerprint density at radius 3 is 2.79 bits per heavy atom. The van der Waals surface area contributed by atoms with Crippen molar-refractivity contribution in [1.82, 2.24) is 25.5 Å². The van der Waals surface area contributed by atoms with Crippen molar-refractivity contribution >= 4 is 29.2 Å². The van der Waals surface area contributed by atoms with Gasteiger partial charge in [-0.05, 0) is 37.8 Å². The number of likely N-dealkylation sites (tertiary alicyclic amines) is 1. The van der Waals surface area contributed by atoms with Gasteiger partial charge in [0.05, 0.1) is 36.8 Å². The largest absolute Gasteiger partial charge is 0.480 e. The highest BCUT2D eigenvalue weighted by atomic mass is 16.5. The molecule has 0 radical (unpaired) electrons. The minimum Gasteiger partial charge on any atom is -0.480 e. The Bertz CT molecular complexity index is 1120. The number of ether oxygens (including phenoxy) is 1. The lowest BCUT2D eigenvalue weighted by molar-refractivity contribution is -0.147. The van der Waals surface area contributed by atoms with Crippen LogP contribution < -0.4 is 26.2 Å². The van der Waals surface area contributed by atoms with Gasteiger partial charge in [0.2, 0.25) is 5.88 Å². The van der Waals surface area contributed by atoms with Crippen LogP contribution in [0.1, 0.15) is 37.0 Å². The Labute approximate surface area is 196 Å². The summed E-state index contributed by atoms with van der Waals surface area (Å²) in [7, 11) is 1.35. The molecule has 0 bridgehead atoms. The normalized spacial score (nSPS) is 24.2. The number of nitrogens with one attached hydrogen (secondary N) is 3. The molecule has 34 heavy (non-hydrogen) atoms. The summed E-state index contributed by atoms with van der Waals surface area (Å²) in [5.74, 6) is -1.20. The molecular weight excluding hydrogens is 440 g/mol. The molecule has 1 saturated heterocycles. The highest BCUT2D eigenvalue weighted by molar-refractivity contribution is 6.39. The summed E-state index contributed by atoms with van der Waals surface area (Å²) in [5.41, 5.74) is 8.35. The smallest absolute Gasteiger partial charge is 0.313 e. The zero-order valence-electron chi connectivity index (χ0n) is 19.2. The number of H-pyrrole nitrogens is 1. The number of hydrogen-bond donors (Lipinski definition) is 4. The summed E-state index contributed by atoms with van der Waals surface area (Å²) in [4.78, 5) is 43.5. The number of methoxy groups -OCH3 is 1. The number of hydrazine groups is 1. The van der Waals surface area contributed by atoms with Crippen molar-refractivity contribution in [2.24, 2.45) is 11.7 Å². The number of nitrogens with two attached hydrogens (primary N) is 1. The predicted octanol–water partition coefficient (Wildman–Crippen LogP) is 0.775. The van der Waals surface area contributed by atoms with E-state index < -0.39 is 23.3 Å². The zero-order chi connectivity index (χ0) is 24.5. The molecule has 0 saturated carbocycles. The van der Waals surface area contributed by atoms with E-state index in [-0.39, 0.29) is 29.1 Å². The van der Waals surface area contributed by atoms with Crippen molar-refractivity contribution in [3.8, 4) is 5.88 Å². The third kappa shape index (κ3) is 4.44. The number of hydrogen-bond acceptors (Lipinski definition) is 8. The van der Waals surface area contributed by atoms with Gasteiger partial charge in [-0.25, -0.2) is 10.4 Å². The van der Waals surface area contributed by atoms with Gasteiger partial charge in [-0.15, -0.1) is 0 Å². The second kappa shape index (κ2) is 9.14. The summed E-state index contributed by atoms with van der Waals surface area (Å²) in [6, 6.07) is 2.90. The van der Waals surface area contributed by atoms with Gasteiger partial charge in [-0.3, -0.25) is 24.5 Å². The molecule has 180 valence electrons. The third-order valence-corrected chi connectivity index (χ3v) is 6.21. The van der Waals surface area contributed by atoms with Crippen LogP contribution in [0.25, 0.3) is 0 Å². The number of anilines is 2. The molecule has 12 heteroatoms. The fraction of sp³-hybridized carbons (Fsp3) is 0.409. The van der Waals surface area contributed by atoms with Crippen molar-refractivity contribution in [2.45, 2.75) is 38.3 Å². The lowest BCUT2D eigenvalue weighted by Gasteiger charge is -2.46. The van der Waals surface area contributed by atoms with Gasteiger partial charge in [0.1, 0.15) is 11.4 Å². The molecule has 5 N–H and O–H groups in total. The average Bonchev–Trinajstić information content (AvgIpc) is 3.49. The maximum Gasteiger partial charge on any atom is 0.313 e. The molecule has 3 amide bonds. The van der Waals surface area contributed by atoms with Gasteiger partial charge in [0, 0.05) is 18.8 Å². The molecule has 4 heterocycles. The summed E-state index contributed by atoms with van der Waals surface area (Å²) in [6.45, 7) is 4.49. The van der Waals surface area contributed by atoms with E-state index in [1.807, 2.05) is 30.3 Å². The summed E-state index contributed by atoms with van der Waals surface area (Å²) in [6.07, 6.45) is 8.47. The first-order chi connectivity index (χ1) is 16.2. The molecule has 1 unspecified atom stereocenters. The van der Waals surface area contributed by atoms with Crippen LogP contribution in [0.15, 0.2) is 36.8 Å². The van der Waals surface area contributed by atoms with Gasteiger partial charge in [0.25, 0.3) is 5.91 Å². The van der Waals surface area contributed by atoms with Crippen molar-refractivity contribution in [1.29, 1.82) is 0 Å². The van der Waals surface area contributed by atoms with E-state index in [1.165, 1.54) is 19.4 Å². The Balaban J connectivity index is 1.52. The summed E-state index contributed by atoms with van der Waals surface area (Å²) in [5, 5.41) is 11.2. The molecule has 2 aromatic heterocycles. The number of nitrogens with zero attached hydrogens (tertiary/aromatic N) is 4. The Hall–Kier alpha value is -3.93. The first-order valence-electron chi connectivity index (χ1n) is 10.9. The van der Waals surface area contributed by atoms with Gasteiger partial charge in [0.15, 0.2) is 0 Å². The second-order valence-corrected chi connectivity index (χ2v) is 8.78. The molecule has 4 rings (SSSR count). The van der Waals surface area contributed by atoms with Crippen LogP contribution in [-0.2, 0) is 9.59 Å². The number of rotatable bonds is 5.